The number of carbonyl (C=O) groups excluding carboxylic acids is 1. The van der Waals surface area contributed by atoms with Gasteiger partial charge in [0.15, 0.2) is 0 Å². The third kappa shape index (κ3) is 4.47. The molecule has 0 saturated heterocycles. The van der Waals surface area contributed by atoms with Crippen molar-refractivity contribution in [3.05, 3.63) is 70.6 Å². The van der Waals surface area contributed by atoms with Gasteiger partial charge in [-0.15, -0.1) is 16.4 Å². The molecule has 4 rings (SSSR count). The van der Waals surface area contributed by atoms with E-state index in [1.54, 1.807) is 10.6 Å². The summed E-state index contributed by atoms with van der Waals surface area (Å²) in [5.41, 5.74) is 2.76. The number of carbonyl (C=O) groups is 1. The van der Waals surface area contributed by atoms with Gasteiger partial charge in [-0.2, -0.15) is 4.98 Å². The summed E-state index contributed by atoms with van der Waals surface area (Å²) >= 11 is 7.41. The van der Waals surface area contributed by atoms with E-state index < -0.39 is 0 Å². The Morgan fingerprint density at radius 3 is 2.69 bits per heavy atom. The molecule has 0 fully saturated rings. The Bertz CT molecular complexity index is 1160. The van der Waals surface area contributed by atoms with Crippen LogP contribution in [0.25, 0.3) is 22.3 Å². The molecule has 29 heavy (non-hydrogen) atoms. The first kappa shape index (κ1) is 19.2. The van der Waals surface area contributed by atoms with E-state index in [9.17, 15) is 4.79 Å². The van der Waals surface area contributed by atoms with Crippen LogP contribution >= 0.6 is 22.9 Å². The van der Waals surface area contributed by atoms with Gasteiger partial charge in [0.2, 0.25) is 4.96 Å². The van der Waals surface area contributed by atoms with Gasteiger partial charge in [-0.3, -0.25) is 10.1 Å². The lowest BCUT2D eigenvalue weighted by atomic mass is 10.2. The molecule has 0 aliphatic carbocycles. The minimum atomic E-state index is -0.301. The van der Waals surface area contributed by atoms with Crippen LogP contribution in [0.1, 0.15) is 12.5 Å². The van der Waals surface area contributed by atoms with E-state index in [0.717, 1.165) is 22.6 Å². The Balaban J connectivity index is 1.46. The second kappa shape index (κ2) is 8.46. The predicted molar refractivity (Wildman–Crippen MR) is 117 cm³/mol. The Kier molecular flexibility index (Phi) is 5.59. The number of rotatable bonds is 6. The first-order valence-electron chi connectivity index (χ1n) is 8.94. The molecule has 0 bridgehead atoms. The molecule has 0 aliphatic heterocycles. The molecule has 6 nitrogen and oxygen atoms in total. The van der Waals surface area contributed by atoms with Gasteiger partial charge in [0.05, 0.1) is 12.3 Å². The number of amides is 1. The van der Waals surface area contributed by atoms with Crippen LogP contribution in [0.5, 0.6) is 5.75 Å². The first-order valence-corrected chi connectivity index (χ1v) is 10.2. The van der Waals surface area contributed by atoms with Gasteiger partial charge < -0.3 is 4.74 Å². The van der Waals surface area contributed by atoms with Gasteiger partial charge in [-0.05, 0) is 42.8 Å². The van der Waals surface area contributed by atoms with Gasteiger partial charge in [0, 0.05) is 22.0 Å². The smallest absolute Gasteiger partial charge is 0.250 e. The van der Waals surface area contributed by atoms with Crippen molar-refractivity contribution in [2.24, 2.45) is 0 Å². The number of hydrogen-bond donors (Lipinski definition) is 1. The van der Waals surface area contributed by atoms with Crippen molar-refractivity contribution in [2.45, 2.75) is 6.92 Å². The van der Waals surface area contributed by atoms with Crippen LogP contribution in [-0.4, -0.2) is 27.1 Å². The normalized spacial score (nSPS) is 11.2. The van der Waals surface area contributed by atoms with E-state index in [-0.39, 0.29) is 11.9 Å². The van der Waals surface area contributed by atoms with E-state index in [4.69, 9.17) is 16.3 Å². The van der Waals surface area contributed by atoms with Crippen LogP contribution in [0, 0.1) is 0 Å². The van der Waals surface area contributed by atoms with Crippen LogP contribution in [0.2, 0.25) is 5.02 Å². The van der Waals surface area contributed by atoms with Crippen molar-refractivity contribution in [1.29, 1.82) is 0 Å². The van der Waals surface area contributed by atoms with Gasteiger partial charge in [-0.1, -0.05) is 35.9 Å². The van der Waals surface area contributed by atoms with Gasteiger partial charge in [0.1, 0.15) is 5.75 Å². The molecule has 0 spiro atoms. The predicted octanol–water partition coefficient (Wildman–Crippen LogP) is 5.16. The van der Waals surface area contributed by atoms with Gasteiger partial charge >= 0.3 is 0 Å². The van der Waals surface area contributed by atoms with Crippen molar-refractivity contribution < 1.29 is 9.53 Å². The maximum absolute atomic E-state index is 12.2. The Labute approximate surface area is 176 Å². The lowest BCUT2D eigenvalue weighted by molar-refractivity contribution is -0.111. The number of benzene rings is 2. The number of nitrogens with zero attached hydrogens (tertiary/aromatic N) is 3. The number of hydrogen-bond acceptors (Lipinski definition) is 5. The molecule has 1 N–H and O–H groups in total. The second-order valence-corrected chi connectivity index (χ2v) is 7.36. The minimum absolute atomic E-state index is 0.258. The van der Waals surface area contributed by atoms with Crippen molar-refractivity contribution in [3.8, 4) is 17.0 Å². The zero-order valence-electron chi connectivity index (χ0n) is 15.5. The van der Waals surface area contributed by atoms with E-state index >= 15 is 0 Å². The number of fused-ring (bicyclic) bond motifs is 1. The van der Waals surface area contributed by atoms with Crippen LogP contribution < -0.4 is 10.1 Å². The molecule has 8 heteroatoms. The summed E-state index contributed by atoms with van der Waals surface area (Å²) in [5, 5.41) is 9.74. The van der Waals surface area contributed by atoms with Gasteiger partial charge in [0.25, 0.3) is 11.9 Å². The zero-order valence-corrected chi connectivity index (χ0v) is 17.1. The number of thiazole rings is 1. The monoisotopic (exact) mass is 424 g/mol. The highest BCUT2D eigenvalue weighted by molar-refractivity contribution is 7.15. The summed E-state index contributed by atoms with van der Waals surface area (Å²) in [6.45, 7) is 2.55. The van der Waals surface area contributed by atoms with Crippen molar-refractivity contribution in [3.63, 3.8) is 0 Å². The number of anilines is 1. The molecule has 2 aromatic carbocycles. The lowest BCUT2D eigenvalue weighted by Crippen LogP contribution is -2.09. The molecule has 0 saturated carbocycles. The third-order valence-electron chi connectivity index (χ3n) is 4.07. The molecule has 0 aliphatic rings. The summed E-state index contributed by atoms with van der Waals surface area (Å²) < 4.78 is 7.11. The van der Waals surface area contributed by atoms with Crippen molar-refractivity contribution in [2.75, 3.05) is 11.9 Å². The standard InChI is InChI=1S/C21H17ClN4O2S/c1-2-28-17-10-3-14(4-11-17)5-12-19(27)23-20-24-21-26(25-20)18(13-29-21)15-6-8-16(22)9-7-15/h3-13H,2H2,1H3,(H,23,25,27)/b12-5+. The van der Waals surface area contributed by atoms with E-state index in [1.807, 2.05) is 60.8 Å². The molecule has 0 unspecified atom stereocenters. The van der Waals surface area contributed by atoms with E-state index in [1.165, 1.54) is 17.4 Å². The maximum atomic E-state index is 12.2. The zero-order chi connectivity index (χ0) is 20.2. The molecule has 1 amide bonds. The topological polar surface area (TPSA) is 68.5 Å². The van der Waals surface area contributed by atoms with Gasteiger partial charge in [-0.25, -0.2) is 4.52 Å². The molecular weight excluding hydrogens is 408 g/mol. The quantitative estimate of drug-likeness (QED) is 0.434. The fraction of sp³-hybridized carbons (Fsp3) is 0.0952. The van der Waals surface area contributed by atoms with Crippen molar-refractivity contribution >= 4 is 45.8 Å². The maximum Gasteiger partial charge on any atom is 0.250 e. The summed E-state index contributed by atoms with van der Waals surface area (Å²) in [6, 6.07) is 15.0. The Morgan fingerprint density at radius 1 is 1.21 bits per heavy atom. The van der Waals surface area contributed by atoms with Crippen LogP contribution in [0.15, 0.2) is 60.0 Å². The number of aromatic nitrogens is 3. The molecule has 0 atom stereocenters. The van der Waals surface area contributed by atoms with E-state index in [2.05, 4.69) is 15.4 Å². The Hall–Kier alpha value is -3.16. The van der Waals surface area contributed by atoms with Crippen molar-refractivity contribution in [1.82, 2.24) is 14.6 Å². The average molecular weight is 425 g/mol. The summed E-state index contributed by atoms with van der Waals surface area (Å²) in [4.78, 5) is 17.3. The summed E-state index contributed by atoms with van der Waals surface area (Å²) in [7, 11) is 0. The lowest BCUT2D eigenvalue weighted by Gasteiger charge is -2.02. The number of halogens is 1. The van der Waals surface area contributed by atoms with Crippen LogP contribution in [-0.2, 0) is 4.79 Å². The number of ether oxygens (including phenoxy) is 1. The third-order valence-corrected chi connectivity index (χ3v) is 5.14. The molecule has 2 aromatic heterocycles. The highest BCUT2D eigenvalue weighted by Crippen LogP contribution is 2.27. The summed E-state index contributed by atoms with van der Waals surface area (Å²) in [5.74, 6) is 0.756. The SMILES string of the molecule is CCOc1ccc(/C=C/C(=O)Nc2nc3scc(-c4ccc(Cl)cc4)n3n2)cc1. The molecular formula is C21H17ClN4O2S. The molecule has 4 aromatic rings. The van der Waals surface area contributed by atoms with E-state index in [0.29, 0.717) is 16.6 Å². The average Bonchev–Trinajstić information content (AvgIpc) is 3.29. The fourth-order valence-electron chi connectivity index (χ4n) is 2.72. The second-order valence-electron chi connectivity index (χ2n) is 6.08. The number of nitrogens with one attached hydrogen (secondary N) is 1. The summed E-state index contributed by atoms with van der Waals surface area (Å²) in [6.07, 6.45) is 3.17. The molecule has 2 heterocycles. The fourth-order valence-corrected chi connectivity index (χ4v) is 3.68. The molecule has 146 valence electrons. The van der Waals surface area contributed by atoms with Crippen LogP contribution in [0.4, 0.5) is 5.95 Å². The minimum Gasteiger partial charge on any atom is -0.494 e. The molecule has 0 radical (unpaired) electrons. The van der Waals surface area contributed by atoms with Crippen LogP contribution in [0.3, 0.4) is 0 Å². The largest absolute Gasteiger partial charge is 0.494 e. The Morgan fingerprint density at radius 2 is 1.97 bits per heavy atom. The highest BCUT2D eigenvalue weighted by Gasteiger charge is 2.12. The first-order chi connectivity index (χ1) is 14.1. The highest BCUT2D eigenvalue weighted by atomic mass is 35.5.